The number of hydrogen-bond donors (Lipinski definition) is 0. The van der Waals surface area contributed by atoms with Gasteiger partial charge in [0.05, 0.1) is 5.60 Å². The summed E-state index contributed by atoms with van der Waals surface area (Å²) in [7, 11) is -1.54. The zero-order chi connectivity index (χ0) is 26.4. The number of rotatable bonds is 10. The first-order chi connectivity index (χ1) is 17.0. The van der Waals surface area contributed by atoms with Crippen molar-refractivity contribution in [2.75, 3.05) is 0 Å². The van der Waals surface area contributed by atoms with E-state index in [9.17, 15) is 0 Å². The van der Waals surface area contributed by atoms with Gasteiger partial charge in [-0.1, -0.05) is 74.1 Å². The summed E-state index contributed by atoms with van der Waals surface area (Å²) in [4.78, 5) is 0. The molecule has 0 aromatic rings. The van der Waals surface area contributed by atoms with Gasteiger partial charge in [0.15, 0.2) is 8.32 Å². The second-order valence-corrected chi connectivity index (χ2v) is 20.4. The van der Waals surface area contributed by atoms with E-state index in [-0.39, 0.29) is 5.60 Å². The van der Waals surface area contributed by atoms with Crippen LogP contribution < -0.4 is 0 Å². The van der Waals surface area contributed by atoms with Crippen LogP contribution >= 0.6 is 0 Å². The lowest BCUT2D eigenvalue weighted by Crippen LogP contribution is -2.53. The summed E-state index contributed by atoms with van der Waals surface area (Å²) in [6, 6.07) is 3.79. The lowest BCUT2D eigenvalue weighted by atomic mass is 9.44. The fraction of sp³-hybridized carbons (Fsp3) is 1.00. The molecule has 0 bridgehead atoms. The van der Waals surface area contributed by atoms with Crippen molar-refractivity contribution in [3.05, 3.63) is 0 Å². The molecule has 0 N–H and O–H groups in total. The van der Waals surface area contributed by atoms with Gasteiger partial charge in [0.1, 0.15) is 0 Å². The summed E-state index contributed by atoms with van der Waals surface area (Å²) >= 11 is 0. The van der Waals surface area contributed by atoms with E-state index in [2.05, 4.69) is 62.3 Å². The van der Waals surface area contributed by atoms with Crippen molar-refractivity contribution < 1.29 is 4.43 Å². The largest absolute Gasteiger partial charge is 0.412 e. The molecule has 4 aliphatic rings. The van der Waals surface area contributed by atoms with E-state index in [1.807, 2.05) is 0 Å². The highest BCUT2D eigenvalue weighted by Crippen LogP contribution is 2.69. The highest BCUT2D eigenvalue weighted by molar-refractivity contribution is 6.73. The summed E-state index contributed by atoms with van der Waals surface area (Å²) < 4.78 is 6.96. The summed E-state index contributed by atoms with van der Waals surface area (Å²) in [6.45, 7) is 22.7. The van der Waals surface area contributed by atoms with Crippen LogP contribution in [-0.4, -0.2) is 13.9 Å². The lowest BCUT2D eigenvalue weighted by Gasteiger charge is -2.61. The van der Waals surface area contributed by atoms with Crippen LogP contribution in [-0.2, 0) is 4.43 Å². The molecule has 2 unspecified atom stereocenters. The molecule has 0 aromatic carbocycles. The minimum atomic E-state index is -1.54. The van der Waals surface area contributed by atoms with Gasteiger partial charge in [0.2, 0.25) is 0 Å². The molecule has 1 nitrogen and oxygen atoms in total. The van der Waals surface area contributed by atoms with Gasteiger partial charge < -0.3 is 4.43 Å². The van der Waals surface area contributed by atoms with Gasteiger partial charge in [0.25, 0.3) is 0 Å². The Labute approximate surface area is 227 Å². The van der Waals surface area contributed by atoms with E-state index in [1.165, 1.54) is 75.9 Å². The van der Waals surface area contributed by atoms with Crippen LogP contribution in [0.3, 0.4) is 0 Å². The van der Waals surface area contributed by atoms with Crippen molar-refractivity contribution in [2.24, 2.45) is 52.3 Å². The van der Waals surface area contributed by atoms with Crippen molar-refractivity contribution in [3.8, 4) is 0 Å². The number of hydrogen-bond acceptors (Lipinski definition) is 1. The van der Waals surface area contributed by atoms with Crippen LogP contribution in [0.25, 0.3) is 0 Å². The minimum absolute atomic E-state index is 0.0494. The van der Waals surface area contributed by atoms with Gasteiger partial charge in [-0.25, -0.2) is 0 Å². The predicted octanol–water partition coefficient (Wildman–Crippen LogP) is 10.9. The molecule has 0 aromatic heterocycles. The van der Waals surface area contributed by atoms with Crippen LogP contribution in [0, 0.1) is 52.3 Å². The smallest absolute Gasteiger partial charge is 0.192 e. The molecule has 9 atom stereocenters. The lowest BCUT2D eigenvalue weighted by molar-refractivity contribution is -0.114. The molecular formula is C34H64OSi. The molecule has 36 heavy (non-hydrogen) atoms. The highest BCUT2D eigenvalue weighted by atomic mass is 28.4. The summed E-state index contributed by atoms with van der Waals surface area (Å²) in [5.74, 6) is 6.82. The van der Waals surface area contributed by atoms with Gasteiger partial charge in [-0.15, -0.1) is 0 Å². The van der Waals surface area contributed by atoms with Gasteiger partial charge in [0, 0.05) is 0 Å². The Kier molecular flexibility index (Phi) is 8.89. The van der Waals surface area contributed by atoms with Gasteiger partial charge in [-0.05, 0) is 136 Å². The first-order valence-electron chi connectivity index (χ1n) is 16.7. The minimum Gasteiger partial charge on any atom is -0.412 e. The first-order valence-corrected chi connectivity index (χ1v) is 19.2. The van der Waals surface area contributed by atoms with Gasteiger partial charge in [-0.2, -0.15) is 0 Å². The molecule has 4 saturated carbocycles. The van der Waals surface area contributed by atoms with Crippen molar-refractivity contribution in [1.29, 1.82) is 0 Å². The monoisotopic (exact) mass is 516 g/mol. The van der Waals surface area contributed by atoms with Crippen molar-refractivity contribution in [2.45, 2.75) is 163 Å². The zero-order valence-electron chi connectivity index (χ0n) is 26.1. The standard InChI is InChI=1S/C34H64OSi/c1-10-36(11-2,12-3)35-32(6,7)21-15-16-25(4)31-26(5)24-30-28-19-18-27-17-13-14-22-33(27,8)29(28)20-23-34(30,31)9/h25-31H,10-24H2,1-9H3/t25-,26?,27?,28-,29+,30+,31+,33+,34+/m1/s1. The molecule has 0 radical (unpaired) electrons. The van der Waals surface area contributed by atoms with Crippen LogP contribution in [0.5, 0.6) is 0 Å². The molecule has 2 heteroatoms. The fourth-order valence-corrected chi connectivity index (χ4v) is 14.7. The Morgan fingerprint density at radius 2 is 1.58 bits per heavy atom. The second kappa shape index (κ2) is 11.0. The molecule has 0 aliphatic heterocycles. The Bertz CT molecular complexity index is 718. The van der Waals surface area contributed by atoms with Crippen molar-refractivity contribution in [3.63, 3.8) is 0 Å². The molecule has 4 fully saturated rings. The van der Waals surface area contributed by atoms with Crippen LogP contribution in [0.4, 0.5) is 0 Å². The SMILES string of the molecule is CC[Si](CC)(CC)OC(C)(C)CCC[C@@H](C)[C@H]1C(C)C[C@H]2[C@@H]3CCC4CCCC[C@]4(C)[C@H]3CC[C@]12C. The van der Waals surface area contributed by atoms with E-state index in [0.29, 0.717) is 10.8 Å². The maximum absolute atomic E-state index is 6.96. The third-order valence-electron chi connectivity index (χ3n) is 13.5. The van der Waals surface area contributed by atoms with Crippen molar-refractivity contribution in [1.82, 2.24) is 0 Å². The zero-order valence-corrected chi connectivity index (χ0v) is 27.1. The normalized spacial score (nSPS) is 41.9. The molecule has 4 aliphatic carbocycles. The summed E-state index contributed by atoms with van der Waals surface area (Å²) in [5.41, 5.74) is 1.32. The Hall–Kier alpha value is 0.177. The quantitative estimate of drug-likeness (QED) is 0.262. The molecule has 0 saturated heterocycles. The maximum Gasteiger partial charge on any atom is 0.192 e. The van der Waals surface area contributed by atoms with Gasteiger partial charge in [-0.3, -0.25) is 0 Å². The summed E-state index contributed by atoms with van der Waals surface area (Å²) in [6.07, 6.45) is 17.8. The van der Waals surface area contributed by atoms with Crippen LogP contribution in [0.2, 0.25) is 18.1 Å². The second-order valence-electron chi connectivity index (χ2n) is 15.7. The van der Waals surface area contributed by atoms with Crippen LogP contribution in [0.1, 0.15) is 139 Å². The van der Waals surface area contributed by atoms with Crippen LogP contribution in [0.15, 0.2) is 0 Å². The third-order valence-corrected chi connectivity index (χ3v) is 18.3. The van der Waals surface area contributed by atoms with Crippen molar-refractivity contribution >= 4 is 8.32 Å². The van der Waals surface area contributed by atoms with E-state index >= 15 is 0 Å². The topological polar surface area (TPSA) is 9.23 Å². The van der Waals surface area contributed by atoms with E-state index in [0.717, 1.165) is 41.4 Å². The Balaban J connectivity index is 1.39. The molecular weight excluding hydrogens is 452 g/mol. The van der Waals surface area contributed by atoms with E-state index in [1.54, 1.807) is 19.3 Å². The molecule has 4 rings (SSSR count). The average Bonchev–Trinajstić information content (AvgIpc) is 3.12. The van der Waals surface area contributed by atoms with E-state index < -0.39 is 8.32 Å². The van der Waals surface area contributed by atoms with Gasteiger partial charge >= 0.3 is 0 Å². The summed E-state index contributed by atoms with van der Waals surface area (Å²) in [5, 5.41) is 0. The highest BCUT2D eigenvalue weighted by Gasteiger charge is 2.61. The Morgan fingerprint density at radius 3 is 2.25 bits per heavy atom. The molecule has 0 amide bonds. The average molecular weight is 517 g/mol. The number of fused-ring (bicyclic) bond motifs is 5. The first kappa shape index (κ1) is 29.2. The molecule has 0 spiro atoms. The predicted molar refractivity (Wildman–Crippen MR) is 160 cm³/mol. The molecule has 210 valence electrons. The molecule has 0 heterocycles. The fourth-order valence-electron chi connectivity index (χ4n) is 11.5. The third kappa shape index (κ3) is 5.19. The maximum atomic E-state index is 6.96. The van der Waals surface area contributed by atoms with E-state index in [4.69, 9.17) is 4.43 Å². The Morgan fingerprint density at radius 1 is 0.889 bits per heavy atom.